The molecule has 1 aromatic carbocycles. The van der Waals surface area contributed by atoms with Gasteiger partial charge < -0.3 is 15.4 Å². The van der Waals surface area contributed by atoms with Gasteiger partial charge in [-0.2, -0.15) is 0 Å². The largest absolute Gasteiger partial charge is 0.490 e. The zero-order valence-corrected chi connectivity index (χ0v) is 13.1. The number of hydrogen-bond acceptors (Lipinski definition) is 4. The van der Waals surface area contributed by atoms with Crippen LogP contribution in [0.25, 0.3) is 10.9 Å². The van der Waals surface area contributed by atoms with E-state index < -0.39 is 0 Å². The maximum Gasteiger partial charge on any atom is 0.145 e. The number of fused-ring (bicyclic) bond motifs is 1. The highest BCUT2D eigenvalue weighted by atomic mass is 79.9. The first-order chi connectivity index (χ1) is 9.65. The molecule has 1 aromatic heterocycles. The molecule has 1 heterocycles. The van der Waals surface area contributed by atoms with Gasteiger partial charge in [0.15, 0.2) is 0 Å². The van der Waals surface area contributed by atoms with Gasteiger partial charge in [-0.05, 0) is 54.0 Å². The second-order valence-corrected chi connectivity index (χ2v) is 6.18. The summed E-state index contributed by atoms with van der Waals surface area (Å²) in [5.41, 5.74) is 7.53. The molecule has 106 valence electrons. The summed E-state index contributed by atoms with van der Waals surface area (Å²) in [5.74, 6) is 0.797. The van der Waals surface area contributed by atoms with Gasteiger partial charge in [-0.25, -0.2) is 0 Å². The summed E-state index contributed by atoms with van der Waals surface area (Å²) in [5, 5.41) is 0.924. The van der Waals surface area contributed by atoms with Crippen LogP contribution in [-0.4, -0.2) is 36.1 Å². The van der Waals surface area contributed by atoms with Crippen molar-refractivity contribution in [2.24, 2.45) is 0 Å². The third-order valence-corrected chi connectivity index (χ3v) is 4.12. The van der Waals surface area contributed by atoms with Gasteiger partial charge in [0.1, 0.15) is 17.9 Å². The molecule has 0 bridgehead atoms. The fourth-order valence-electron chi connectivity index (χ4n) is 2.30. The molecule has 1 aliphatic rings. The number of halogens is 1. The summed E-state index contributed by atoms with van der Waals surface area (Å²) in [7, 11) is 2.15. The molecule has 3 rings (SSSR count). The molecule has 20 heavy (non-hydrogen) atoms. The van der Waals surface area contributed by atoms with Crippen LogP contribution in [0.1, 0.15) is 12.8 Å². The topological polar surface area (TPSA) is 51.4 Å². The lowest BCUT2D eigenvalue weighted by molar-refractivity contribution is 0.233. The summed E-state index contributed by atoms with van der Waals surface area (Å²) in [6, 6.07) is 6.50. The van der Waals surface area contributed by atoms with Gasteiger partial charge in [0.05, 0.1) is 0 Å². The van der Waals surface area contributed by atoms with E-state index in [0.29, 0.717) is 6.61 Å². The number of anilines is 1. The smallest absolute Gasteiger partial charge is 0.145 e. The van der Waals surface area contributed by atoms with Gasteiger partial charge in [-0.3, -0.25) is 4.98 Å². The van der Waals surface area contributed by atoms with Crippen molar-refractivity contribution in [1.29, 1.82) is 0 Å². The van der Waals surface area contributed by atoms with Crippen molar-refractivity contribution in [3.8, 4) is 5.75 Å². The zero-order chi connectivity index (χ0) is 14.1. The highest BCUT2D eigenvalue weighted by molar-refractivity contribution is 9.10. The molecule has 0 spiro atoms. The van der Waals surface area contributed by atoms with E-state index in [2.05, 4.69) is 32.9 Å². The molecule has 0 unspecified atom stereocenters. The third-order valence-electron chi connectivity index (χ3n) is 3.68. The Balaban J connectivity index is 1.75. The van der Waals surface area contributed by atoms with Crippen LogP contribution in [0, 0.1) is 0 Å². The molecule has 1 fully saturated rings. The van der Waals surface area contributed by atoms with E-state index in [9.17, 15) is 0 Å². The van der Waals surface area contributed by atoms with Crippen LogP contribution in [0.4, 0.5) is 5.69 Å². The zero-order valence-electron chi connectivity index (χ0n) is 11.5. The molecule has 2 aromatic rings. The van der Waals surface area contributed by atoms with Gasteiger partial charge in [0, 0.05) is 34.3 Å². The average molecular weight is 336 g/mol. The summed E-state index contributed by atoms with van der Waals surface area (Å²) < 4.78 is 6.81. The van der Waals surface area contributed by atoms with E-state index in [4.69, 9.17) is 10.5 Å². The summed E-state index contributed by atoms with van der Waals surface area (Å²) in [6.45, 7) is 1.61. The average Bonchev–Trinajstić information content (AvgIpc) is 3.26. The number of ether oxygens (including phenoxy) is 1. The van der Waals surface area contributed by atoms with Gasteiger partial charge in [-0.15, -0.1) is 0 Å². The van der Waals surface area contributed by atoms with Crippen LogP contribution in [0.5, 0.6) is 5.75 Å². The monoisotopic (exact) mass is 335 g/mol. The molecule has 0 aliphatic heterocycles. The second-order valence-electron chi connectivity index (χ2n) is 5.26. The van der Waals surface area contributed by atoms with E-state index in [0.717, 1.165) is 39.4 Å². The molecule has 0 atom stereocenters. The number of pyridine rings is 1. The van der Waals surface area contributed by atoms with Crippen molar-refractivity contribution in [2.75, 3.05) is 25.9 Å². The summed E-state index contributed by atoms with van der Waals surface area (Å²) in [6.07, 6.45) is 4.40. The van der Waals surface area contributed by atoms with Crippen molar-refractivity contribution in [3.05, 3.63) is 28.9 Å². The van der Waals surface area contributed by atoms with Crippen LogP contribution < -0.4 is 10.5 Å². The van der Waals surface area contributed by atoms with Crippen LogP contribution in [0.15, 0.2) is 28.9 Å². The van der Waals surface area contributed by atoms with E-state index in [1.165, 1.54) is 12.8 Å². The lowest BCUT2D eigenvalue weighted by Crippen LogP contribution is -2.26. The van der Waals surface area contributed by atoms with Crippen molar-refractivity contribution in [1.82, 2.24) is 9.88 Å². The number of benzene rings is 1. The van der Waals surface area contributed by atoms with Gasteiger partial charge in [0.2, 0.25) is 0 Å². The van der Waals surface area contributed by atoms with Gasteiger partial charge in [0.25, 0.3) is 0 Å². The Morgan fingerprint density at radius 1 is 1.45 bits per heavy atom. The number of nitrogen functional groups attached to an aromatic ring is 1. The third kappa shape index (κ3) is 2.88. The Bertz CT molecular complexity index is 628. The SMILES string of the molecule is CN(CCOc1ccc(N)c2cc(Br)cnc12)C1CC1. The minimum absolute atomic E-state index is 0.670. The first-order valence-corrected chi connectivity index (χ1v) is 7.61. The van der Waals surface area contributed by atoms with E-state index in [-0.39, 0.29) is 0 Å². The van der Waals surface area contributed by atoms with Crippen molar-refractivity contribution < 1.29 is 4.74 Å². The molecular weight excluding hydrogens is 318 g/mol. The number of nitrogens with two attached hydrogens (primary N) is 1. The maximum absolute atomic E-state index is 5.99. The van der Waals surface area contributed by atoms with E-state index >= 15 is 0 Å². The van der Waals surface area contributed by atoms with Crippen molar-refractivity contribution in [3.63, 3.8) is 0 Å². The summed E-state index contributed by atoms with van der Waals surface area (Å²) in [4.78, 5) is 6.77. The lowest BCUT2D eigenvalue weighted by Gasteiger charge is -2.16. The minimum atomic E-state index is 0.670. The Kier molecular flexibility index (Phi) is 3.81. The first kappa shape index (κ1) is 13.6. The van der Waals surface area contributed by atoms with Crippen LogP contribution >= 0.6 is 15.9 Å². The quantitative estimate of drug-likeness (QED) is 0.853. The maximum atomic E-state index is 5.99. The predicted molar refractivity (Wildman–Crippen MR) is 85.0 cm³/mol. The van der Waals surface area contributed by atoms with Crippen molar-refractivity contribution in [2.45, 2.75) is 18.9 Å². The number of nitrogens with zero attached hydrogens (tertiary/aromatic N) is 2. The molecule has 2 N–H and O–H groups in total. The Morgan fingerprint density at radius 2 is 2.25 bits per heavy atom. The predicted octanol–water partition coefficient (Wildman–Crippen LogP) is 3.05. The molecule has 4 nitrogen and oxygen atoms in total. The second kappa shape index (κ2) is 5.58. The molecule has 1 aliphatic carbocycles. The standard InChI is InChI=1S/C15H18BrN3O/c1-19(11-2-3-11)6-7-20-14-5-4-13(17)12-8-10(16)9-18-15(12)14/h4-5,8-9,11H,2-3,6-7,17H2,1H3. The molecular formula is C15H18BrN3O. The normalized spacial score (nSPS) is 14.9. The van der Waals surface area contributed by atoms with E-state index in [1.54, 1.807) is 6.20 Å². The molecule has 1 saturated carbocycles. The van der Waals surface area contributed by atoms with Gasteiger partial charge >= 0.3 is 0 Å². The molecule has 5 heteroatoms. The highest BCUT2D eigenvalue weighted by Crippen LogP contribution is 2.30. The Hall–Kier alpha value is -1.33. The highest BCUT2D eigenvalue weighted by Gasteiger charge is 2.25. The summed E-state index contributed by atoms with van der Waals surface area (Å²) >= 11 is 3.42. The number of hydrogen-bond donors (Lipinski definition) is 1. The van der Waals surface area contributed by atoms with Crippen LogP contribution in [0.2, 0.25) is 0 Å². The van der Waals surface area contributed by atoms with E-state index in [1.807, 2.05) is 18.2 Å². The Labute approximate surface area is 127 Å². The van der Waals surface area contributed by atoms with Crippen LogP contribution in [0.3, 0.4) is 0 Å². The fourth-order valence-corrected chi connectivity index (χ4v) is 2.64. The Morgan fingerprint density at radius 3 is 3.00 bits per heavy atom. The van der Waals surface area contributed by atoms with Crippen LogP contribution in [-0.2, 0) is 0 Å². The number of aromatic nitrogens is 1. The first-order valence-electron chi connectivity index (χ1n) is 6.82. The minimum Gasteiger partial charge on any atom is -0.490 e. The molecule has 0 radical (unpaired) electrons. The number of likely N-dealkylation sites (N-methyl/N-ethyl adjacent to an activating group) is 1. The van der Waals surface area contributed by atoms with Gasteiger partial charge in [-0.1, -0.05) is 0 Å². The van der Waals surface area contributed by atoms with Crippen molar-refractivity contribution >= 4 is 32.5 Å². The number of rotatable bonds is 5. The molecule has 0 saturated heterocycles. The lowest BCUT2D eigenvalue weighted by atomic mass is 10.1. The molecule has 0 amide bonds. The fraction of sp³-hybridized carbons (Fsp3) is 0.400.